The lowest BCUT2D eigenvalue weighted by molar-refractivity contribution is 0.566. The molecule has 0 saturated heterocycles. The van der Waals surface area contributed by atoms with Crippen molar-refractivity contribution < 1.29 is 0 Å². The minimum atomic E-state index is 0.0460. The lowest BCUT2D eigenvalue weighted by Crippen LogP contribution is -2.27. The number of fused-ring (bicyclic) bond motifs is 1. The third kappa shape index (κ3) is 2.28. The SMILES string of the molecule is CC(C)(CNc1cncc2nnnn12)c1cccs1. The van der Waals surface area contributed by atoms with E-state index in [0.717, 1.165) is 12.4 Å². The summed E-state index contributed by atoms with van der Waals surface area (Å²) in [6, 6.07) is 4.23. The molecule has 19 heavy (non-hydrogen) atoms. The van der Waals surface area contributed by atoms with E-state index in [0.29, 0.717) is 5.65 Å². The van der Waals surface area contributed by atoms with E-state index in [4.69, 9.17) is 0 Å². The second-order valence-electron chi connectivity index (χ2n) is 4.96. The van der Waals surface area contributed by atoms with Crippen LogP contribution in [0.5, 0.6) is 0 Å². The third-order valence-electron chi connectivity index (χ3n) is 3.01. The van der Waals surface area contributed by atoms with Gasteiger partial charge >= 0.3 is 0 Å². The van der Waals surface area contributed by atoms with Gasteiger partial charge in [-0.15, -0.1) is 16.4 Å². The summed E-state index contributed by atoms with van der Waals surface area (Å²) in [4.78, 5) is 5.47. The quantitative estimate of drug-likeness (QED) is 0.787. The first-order valence-electron chi connectivity index (χ1n) is 5.97. The fourth-order valence-electron chi connectivity index (χ4n) is 1.86. The highest BCUT2D eigenvalue weighted by Gasteiger charge is 2.21. The van der Waals surface area contributed by atoms with Crippen LogP contribution in [0.2, 0.25) is 0 Å². The summed E-state index contributed by atoms with van der Waals surface area (Å²) < 4.78 is 1.65. The van der Waals surface area contributed by atoms with E-state index in [9.17, 15) is 0 Å². The first-order valence-corrected chi connectivity index (χ1v) is 6.85. The van der Waals surface area contributed by atoms with Crippen LogP contribution in [0.3, 0.4) is 0 Å². The summed E-state index contributed by atoms with van der Waals surface area (Å²) in [7, 11) is 0. The normalized spacial score (nSPS) is 11.9. The zero-order valence-corrected chi connectivity index (χ0v) is 11.6. The molecule has 0 aliphatic rings. The van der Waals surface area contributed by atoms with E-state index < -0.39 is 0 Å². The van der Waals surface area contributed by atoms with E-state index in [1.807, 2.05) is 0 Å². The molecule has 0 atom stereocenters. The minimum Gasteiger partial charge on any atom is -0.368 e. The first-order chi connectivity index (χ1) is 9.17. The fourth-order valence-corrected chi connectivity index (χ4v) is 2.71. The number of nitrogens with zero attached hydrogens (tertiary/aromatic N) is 5. The van der Waals surface area contributed by atoms with E-state index in [-0.39, 0.29) is 5.41 Å². The molecule has 3 rings (SSSR count). The maximum absolute atomic E-state index is 4.13. The van der Waals surface area contributed by atoms with Gasteiger partial charge in [0.15, 0.2) is 5.65 Å². The van der Waals surface area contributed by atoms with Crippen molar-refractivity contribution >= 4 is 22.8 Å². The summed E-state index contributed by atoms with van der Waals surface area (Å²) in [5, 5.41) is 16.9. The van der Waals surface area contributed by atoms with Crippen molar-refractivity contribution in [2.45, 2.75) is 19.3 Å². The number of anilines is 1. The second kappa shape index (κ2) is 4.58. The Balaban J connectivity index is 1.81. The summed E-state index contributed by atoms with van der Waals surface area (Å²) >= 11 is 1.77. The summed E-state index contributed by atoms with van der Waals surface area (Å²) in [6.07, 6.45) is 3.36. The molecule has 3 aromatic heterocycles. The van der Waals surface area contributed by atoms with Crippen LogP contribution in [0, 0.1) is 0 Å². The first kappa shape index (κ1) is 12.0. The molecule has 98 valence electrons. The molecular weight excluding hydrogens is 260 g/mol. The molecule has 6 nitrogen and oxygen atoms in total. The maximum atomic E-state index is 4.13. The van der Waals surface area contributed by atoms with Gasteiger partial charge in [0, 0.05) is 16.8 Å². The van der Waals surface area contributed by atoms with Crippen molar-refractivity contribution in [3.63, 3.8) is 0 Å². The standard InChI is InChI=1S/C12H14N6S/c1-12(2,9-4-3-5-19-9)8-14-10-6-13-7-11-15-16-17-18(10)11/h3-7,14H,8H2,1-2H3. The van der Waals surface area contributed by atoms with E-state index in [2.05, 4.69) is 57.2 Å². The van der Waals surface area contributed by atoms with Gasteiger partial charge in [-0.2, -0.15) is 4.52 Å². The number of nitrogens with one attached hydrogen (secondary N) is 1. The Labute approximate surface area is 114 Å². The molecule has 0 bridgehead atoms. The van der Waals surface area contributed by atoms with E-state index in [1.54, 1.807) is 28.2 Å². The highest BCUT2D eigenvalue weighted by molar-refractivity contribution is 7.10. The van der Waals surface area contributed by atoms with Gasteiger partial charge in [0.1, 0.15) is 5.82 Å². The van der Waals surface area contributed by atoms with Gasteiger partial charge in [-0.05, 0) is 21.9 Å². The molecule has 3 heterocycles. The smallest absolute Gasteiger partial charge is 0.199 e. The van der Waals surface area contributed by atoms with Crippen LogP contribution in [-0.4, -0.2) is 31.6 Å². The molecule has 1 N–H and O–H groups in total. The molecule has 0 aromatic carbocycles. The van der Waals surface area contributed by atoms with Crippen LogP contribution in [0.25, 0.3) is 5.65 Å². The Morgan fingerprint density at radius 1 is 1.37 bits per heavy atom. The van der Waals surface area contributed by atoms with Crippen LogP contribution < -0.4 is 5.32 Å². The largest absolute Gasteiger partial charge is 0.368 e. The molecule has 0 amide bonds. The van der Waals surface area contributed by atoms with Crippen LogP contribution >= 0.6 is 11.3 Å². The molecule has 0 fully saturated rings. The van der Waals surface area contributed by atoms with Crippen LogP contribution in [0.1, 0.15) is 18.7 Å². The number of rotatable bonds is 4. The molecule has 3 aromatic rings. The van der Waals surface area contributed by atoms with Gasteiger partial charge < -0.3 is 5.32 Å². The minimum absolute atomic E-state index is 0.0460. The predicted molar refractivity (Wildman–Crippen MR) is 74.4 cm³/mol. The Bertz CT molecular complexity index is 672. The fraction of sp³-hybridized carbons (Fsp3) is 0.333. The second-order valence-corrected chi connectivity index (χ2v) is 5.90. The van der Waals surface area contributed by atoms with Crippen molar-refractivity contribution in [1.82, 2.24) is 25.0 Å². The number of aromatic nitrogens is 5. The Morgan fingerprint density at radius 3 is 3.05 bits per heavy atom. The zero-order chi connectivity index (χ0) is 13.3. The Morgan fingerprint density at radius 2 is 2.26 bits per heavy atom. The van der Waals surface area contributed by atoms with Crippen LogP contribution in [-0.2, 0) is 5.41 Å². The zero-order valence-electron chi connectivity index (χ0n) is 10.7. The topological polar surface area (TPSA) is 68.0 Å². The van der Waals surface area contributed by atoms with Gasteiger partial charge in [0.2, 0.25) is 0 Å². The highest BCUT2D eigenvalue weighted by atomic mass is 32.1. The molecule has 0 spiro atoms. The predicted octanol–water partition coefficient (Wildman–Crippen LogP) is 1.97. The van der Waals surface area contributed by atoms with Crippen molar-refractivity contribution in [2.75, 3.05) is 11.9 Å². The van der Waals surface area contributed by atoms with Crippen molar-refractivity contribution in [1.29, 1.82) is 0 Å². The van der Waals surface area contributed by atoms with E-state index in [1.165, 1.54) is 4.88 Å². The molecular formula is C12H14N6S. The molecule has 7 heteroatoms. The van der Waals surface area contributed by atoms with Crippen molar-refractivity contribution in [2.24, 2.45) is 0 Å². The molecule has 0 saturated carbocycles. The van der Waals surface area contributed by atoms with Crippen LogP contribution in [0.15, 0.2) is 29.9 Å². The van der Waals surface area contributed by atoms with Gasteiger partial charge in [0.25, 0.3) is 0 Å². The summed E-state index contributed by atoms with van der Waals surface area (Å²) in [5.74, 6) is 0.798. The Kier molecular flexibility index (Phi) is 2.90. The average molecular weight is 274 g/mol. The maximum Gasteiger partial charge on any atom is 0.199 e. The third-order valence-corrected chi connectivity index (χ3v) is 4.24. The lowest BCUT2D eigenvalue weighted by atomic mass is 9.91. The number of thiophene rings is 1. The summed E-state index contributed by atoms with van der Waals surface area (Å²) in [6.45, 7) is 5.20. The Hall–Kier alpha value is -2.02. The number of hydrogen-bond acceptors (Lipinski definition) is 6. The molecule has 0 unspecified atom stereocenters. The molecule has 0 aliphatic carbocycles. The monoisotopic (exact) mass is 274 g/mol. The average Bonchev–Trinajstić information content (AvgIpc) is 3.07. The van der Waals surface area contributed by atoms with E-state index >= 15 is 0 Å². The van der Waals surface area contributed by atoms with Gasteiger partial charge in [0.05, 0.1) is 12.4 Å². The van der Waals surface area contributed by atoms with Crippen molar-refractivity contribution in [3.8, 4) is 0 Å². The van der Waals surface area contributed by atoms with Crippen molar-refractivity contribution in [3.05, 3.63) is 34.8 Å². The van der Waals surface area contributed by atoms with Gasteiger partial charge in [-0.25, -0.2) is 0 Å². The highest BCUT2D eigenvalue weighted by Crippen LogP contribution is 2.27. The summed E-state index contributed by atoms with van der Waals surface area (Å²) in [5.41, 5.74) is 0.684. The van der Waals surface area contributed by atoms with Gasteiger partial charge in [-0.1, -0.05) is 19.9 Å². The number of hydrogen-bond donors (Lipinski definition) is 1. The van der Waals surface area contributed by atoms with Gasteiger partial charge in [-0.3, -0.25) is 4.98 Å². The molecule has 0 aliphatic heterocycles. The van der Waals surface area contributed by atoms with Crippen LogP contribution in [0.4, 0.5) is 5.82 Å². The molecule has 0 radical (unpaired) electrons. The lowest BCUT2D eigenvalue weighted by Gasteiger charge is -2.24. The number of tetrazole rings is 1.